The molecule has 1 aliphatic rings. The van der Waals surface area contributed by atoms with Gasteiger partial charge in [0.1, 0.15) is 0 Å². The summed E-state index contributed by atoms with van der Waals surface area (Å²) in [4.78, 5) is 5.54. The molecule has 1 heterocycles. The number of hydrogen-bond donors (Lipinski definition) is 1. The van der Waals surface area contributed by atoms with Crippen molar-refractivity contribution in [3.05, 3.63) is 21.7 Å². The van der Waals surface area contributed by atoms with Crippen LogP contribution >= 0.6 is 11.3 Å². The van der Waals surface area contributed by atoms with Crippen molar-refractivity contribution in [2.75, 3.05) is 6.54 Å². The van der Waals surface area contributed by atoms with E-state index in [0.717, 1.165) is 10.9 Å². The number of rotatable bonds is 3. The Balaban J connectivity index is 2.11. The molecule has 0 bridgehead atoms. The molecule has 0 aliphatic heterocycles. The quantitative estimate of drug-likeness (QED) is 0.874. The highest BCUT2D eigenvalue weighted by molar-refractivity contribution is 7.12. The minimum absolute atomic E-state index is 0.696. The predicted octanol–water partition coefficient (Wildman–Crippen LogP) is 3.37. The summed E-state index contributed by atoms with van der Waals surface area (Å²) in [6.45, 7) is 2.74. The largest absolute Gasteiger partial charge is 0.327 e. The average molecular weight is 236 g/mol. The van der Waals surface area contributed by atoms with Gasteiger partial charge in [0.05, 0.1) is 5.01 Å². The lowest BCUT2D eigenvalue weighted by molar-refractivity contribution is 0.401. The molecule has 3 heteroatoms. The molecule has 2 nitrogen and oxygen atoms in total. The third-order valence-corrected chi connectivity index (χ3v) is 4.19. The summed E-state index contributed by atoms with van der Waals surface area (Å²) < 4.78 is 0. The third kappa shape index (κ3) is 2.92. The molecule has 1 aromatic heterocycles. The van der Waals surface area contributed by atoms with Crippen LogP contribution in [0.25, 0.3) is 6.08 Å². The zero-order valence-corrected chi connectivity index (χ0v) is 10.7. The third-order valence-electron chi connectivity index (χ3n) is 3.33. The Morgan fingerprint density at radius 3 is 2.81 bits per heavy atom. The van der Waals surface area contributed by atoms with E-state index in [1.807, 2.05) is 13.1 Å². The van der Waals surface area contributed by atoms with Crippen LogP contribution in [0.2, 0.25) is 0 Å². The van der Waals surface area contributed by atoms with Gasteiger partial charge in [-0.25, -0.2) is 4.98 Å². The molecule has 0 atom stereocenters. The van der Waals surface area contributed by atoms with Crippen LogP contribution in [0.15, 0.2) is 11.8 Å². The van der Waals surface area contributed by atoms with E-state index in [4.69, 9.17) is 5.73 Å². The van der Waals surface area contributed by atoms with Gasteiger partial charge in [0.25, 0.3) is 0 Å². The minimum Gasteiger partial charge on any atom is -0.327 e. The molecule has 2 rings (SSSR count). The van der Waals surface area contributed by atoms with Crippen LogP contribution in [0, 0.1) is 12.8 Å². The van der Waals surface area contributed by atoms with Crippen LogP contribution in [-0.2, 0) is 0 Å². The van der Waals surface area contributed by atoms with E-state index in [1.54, 1.807) is 11.3 Å². The molecule has 0 saturated heterocycles. The Bertz CT molecular complexity index is 362. The second kappa shape index (κ2) is 5.60. The summed E-state index contributed by atoms with van der Waals surface area (Å²) in [5, 5.41) is 1.13. The van der Waals surface area contributed by atoms with Crippen LogP contribution in [0.1, 0.15) is 42.0 Å². The summed E-state index contributed by atoms with van der Waals surface area (Å²) in [5.41, 5.74) is 7.29. The van der Waals surface area contributed by atoms with E-state index in [1.165, 1.54) is 42.6 Å². The SMILES string of the molecule is Cc1ncc(C=C(CN)C2CCCCC2)s1. The smallest absolute Gasteiger partial charge is 0.0900 e. The lowest BCUT2D eigenvalue weighted by Gasteiger charge is -2.23. The first kappa shape index (κ1) is 11.8. The van der Waals surface area contributed by atoms with E-state index in [2.05, 4.69) is 11.1 Å². The highest BCUT2D eigenvalue weighted by atomic mass is 32.1. The Morgan fingerprint density at radius 2 is 2.25 bits per heavy atom. The molecule has 0 unspecified atom stereocenters. The Labute approximate surface area is 102 Å². The molecule has 1 fully saturated rings. The van der Waals surface area contributed by atoms with Crippen molar-refractivity contribution in [1.82, 2.24) is 4.98 Å². The van der Waals surface area contributed by atoms with Crippen LogP contribution in [0.5, 0.6) is 0 Å². The van der Waals surface area contributed by atoms with Crippen LogP contribution in [0.3, 0.4) is 0 Å². The van der Waals surface area contributed by atoms with Gasteiger partial charge in [-0.3, -0.25) is 0 Å². The molecule has 1 aliphatic carbocycles. The molecule has 0 aromatic carbocycles. The first-order valence-corrected chi connectivity index (χ1v) is 6.94. The fourth-order valence-corrected chi connectivity index (χ4v) is 3.21. The Kier molecular flexibility index (Phi) is 4.13. The molecule has 1 aromatic rings. The molecule has 0 radical (unpaired) electrons. The fourth-order valence-electron chi connectivity index (χ4n) is 2.44. The van der Waals surface area contributed by atoms with Gasteiger partial charge in [-0.1, -0.05) is 24.8 Å². The summed E-state index contributed by atoms with van der Waals surface area (Å²) in [6, 6.07) is 0. The van der Waals surface area contributed by atoms with E-state index >= 15 is 0 Å². The molecule has 16 heavy (non-hydrogen) atoms. The summed E-state index contributed by atoms with van der Waals surface area (Å²) in [5.74, 6) is 0.723. The first-order chi connectivity index (χ1) is 7.79. The molecular formula is C13H20N2S. The van der Waals surface area contributed by atoms with Crippen molar-refractivity contribution in [2.24, 2.45) is 11.7 Å². The van der Waals surface area contributed by atoms with Crippen molar-refractivity contribution in [1.29, 1.82) is 0 Å². The van der Waals surface area contributed by atoms with Gasteiger partial charge in [0, 0.05) is 17.6 Å². The average Bonchev–Trinajstić information content (AvgIpc) is 2.73. The monoisotopic (exact) mass is 236 g/mol. The van der Waals surface area contributed by atoms with E-state index in [0.29, 0.717) is 6.54 Å². The highest BCUT2D eigenvalue weighted by Gasteiger charge is 2.16. The predicted molar refractivity (Wildman–Crippen MR) is 70.5 cm³/mol. The van der Waals surface area contributed by atoms with Gasteiger partial charge in [-0.05, 0) is 31.8 Å². The van der Waals surface area contributed by atoms with Crippen molar-refractivity contribution in [3.8, 4) is 0 Å². The van der Waals surface area contributed by atoms with Crippen LogP contribution in [-0.4, -0.2) is 11.5 Å². The molecule has 0 amide bonds. The highest BCUT2D eigenvalue weighted by Crippen LogP contribution is 2.30. The fraction of sp³-hybridized carbons (Fsp3) is 0.615. The number of aryl methyl sites for hydroxylation is 1. The van der Waals surface area contributed by atoms with Crippen molar-refractivity contribution in [2.45, 2.75) is 39.0 Å². The zero-order valence-electron chi connectivity index (χ0n) is 9.91. The van der Waals surface area contributed by atoms with Gasteiger partial charge < -0.3 is 5.73 Å². The Hall–Kier alpha value is -0.670. The Morgan fingerprint density at radius 1 is 1.50 bits per heavy atom. The summed E-state index contributed by atoms with van der Waals surface area (Å²) in [6.07, 6.45) is 11.0. The molecular weight excluding hydrogens is 216 g/mol. The summed E-state index contributed by atoms with van der Waals surface area (Å²) >= 11 is 1.75. The number of hydrogen-bond acceptors (Lipinski definition) is 3. The van der Waals surface area contributed by atoms with E-state index < -0.39 is 0 Å². The maximum Gasteiger partial charge on any atom is 0.0900 e. The minimum atomic E-state index is 0.696. The molecule has 1 saturated carbocycles. The number of aromatic nitrogens is 1. The van der Waals surface area contributed by atoms with Crippen molar-refractivity contribution >= 4 is 17.4 Å². The number of nitrogens with two attached hydrogens (primary N) is 1. The number of nitrogens with zero attached hydrogens (tertiary/aromatic N) is 1. The van der Waals surface area contributed by atoms with Gasteiger partial charge in [0.2, 0.25) is 0 Å². The second-order valence-electron chi connectivity index (χ2n) is 4.54. The topological polar surface area (TPSA) is 38.9 Å². The normalized spacial score (nSPS) is 19.0. The first-order valence-electron chi connectivity index (χ1n) is 6.12. The van der Waals surface area contributed by atoms with Gasteiger partial charge in [0.15, 0.2) is 0 Å². The van der Waals surface area contributed by atoms with Crippen LogP contribution < -0.4 is 5.73 Å². The zero-order chi connectivity index (χ0) is 11.4. The lowest BCUT2D eigenvalue weighted by Crippen LogP contribution is -2.15. The number of thiazole rings is 1. The van der Waals surface area contributed by atoms with Gasteiger partial charge in [-0.2, -0.15) is 0 Å². The second-order valence-corrected chi connectivity index (χ2v) is 5.81. The molecule has 2 N–H and O–H groups in total. The maximum absolute atomic E-state index is 5.87. The summed E-state index contributed by atoms with van der Waals surface area (Å²) in [7, 11) is 0. The molecule has 0 spiro atoms. The maximum atomic E-state index is 5.87. The molecule has 88 valence electrons. The van der Waals surface area contributed by atoms with Gasteiger partial charge >= 0.3 is 0 Å². The van der Waals surface area contributed by atoms with Crippen molar-refractivity contribution in [3.63, 3.8) is 0 Å². The standard InChI is InChI=1S/C13H20N2S/c1-10-15-9-13(16-10)7-12(8-14)11-5-3-2-4-6-11/h7,9,11H,2-6,8,14H2,1H3. The van der Waals surface area contributed by atoms with E-state index in [9.17, 15) is 0 Å². The van der Waals surface area contributed by atoms with Gasteiger partial charge in [-0.15, -0.1) is 11.3 Å². The van der Waals surface area contributed by atoms with Crippen molar-refractivity contribution < 1.29 is 0 Å². The lowest BCUT2D eigenvalue weighted by atomic mass is 9.83. The van der Waals surface area contributed by atoms with Crippen LogP contribution in [0.4, 0.5) is 0 Å². The van der Waals surface area contributed by atoms with E-state index in [-0.39, 0.29) is 0 Å².